The molecule has 0 N–H and O–H groups in total. The van der Waals surface area contributed by atoms with Crippen LogP contribution in [0.15, 0.2) is 0 Å². The second kappa shape index (κ2) is 7.13. The highest BCUT2D eigenvalue weighted by Crippen LogP contribution is 2.32. The van der Waals surface area contributed by atoms with Gasteiger partial charge in [0.15, 0.2) is 0 Å². The molecule has 16 heavy (non-hydrogen) atoms. The molecule has 2 fully saturated rings. The highest BCUT2D eigenvalue weighted by molar-refractivity contribution is 8.21. The van der Waals surface area contributed by atoms with Crippen LogP contribution in [0, 0.1) is 5.92 Å². The van der Waals surface area contributed by atoms with E-state index in [9.17, 15) is 0 Å². The molecule has 0 saturated heterocycles. The number of ether oxygens (including phenoxy) is 1. The molecule has 0 heterocycles. The Morgan fingerprint density at radius 1 is 0.875 bits per heavy atom. The van der Waals surface area contributed by atoms with Gasteiger partial charge in [0.1, 0.15) is 0 Å². The van der Waals surface area contributed by atoms with E-state index in [4.69, 9.17) is 15.4 Å². The lowest BCUT2D eigenvalue weighted by Crippen LogP contribution is -2.28. The number of rotatable bonds is 4. The topological polar surface area (TPSA) is 9.23 Å². The zero-order valence-electron chi connectivity index (χ0n) is 10.00. The Morgan fingerprint density at radius 3 is 2.12 bits per heavy atom. The van der Waals surface area contributed by atoms with Gasteiger partial charge < -0.3 is 4.74 Å². The van der Waals surface area contributed by atoms with Gasteiger partial charge in [-0.05, 0) is 55.1 Å². The predicted molar refractivity (Wildman–Crippen MR) is 72.0 cm³/mol. The van der Waals surface area contributed by atoms with Gasteiger partial charge in [-0.1, -0.05) is 30.2 Å². The minimum atomic E-state index is 0.555. The third kappa shape index (κ3) is 4.12. The first-order chi connectivity index (χ1) is 7.88. The Balaban J connectivity index is 1.64. The summed E-state index contributed by atoms with van der Waals surface area (Å²) in [7, 11) is 7.19. The van der Waals surface area contributed by atoms with Crippen molar-refractivity contribution in [1.82, 2.24) is 0 Å². The smallest absolute Gasteiger partial charge is 0.0579 e. The van der Waals surface area contributed by atoms with Crippen LogP contribution in [0.4, 0.5) is 0 Å². The van der Waals surface area contributed by atoms with Gasteiger partial charge in [0.05, 0.1) is 12.2 Å². The highest BCUT2D eigenvalue weighted by atomic mass is 35.7. The summed E-state index contributed by atoms with van der Waals surface area (Å²) >= 11 is 0. The zero-order valence-corrected chi connectivity index (χ0v) is 11.6. The van der Waals surface area contributed by atoms with Crippen molar-refractivity contribution >= 4 is 21.7 Å². The summed E-state index contributed by atoms with van der Waals surface area (Å²) in [4.78, 5) is 0. The van der Waals surface area contributed by atoms with Crippen LogP contribution in [0.5, 0.6) is 0 Å². The molecule has 2 aliphatic carbocycles. The SMILES string of the molecule is ClSCC1CCC(OC2CCCCC2)CC1. The fourth-order valence-corrected chi connectivity index (χ4v) is 4.04. The maximum absolute atomic E-state index is 6.22. The van der Waals surface area contributed by atoms with Crippen LogP contribution in [0.25, 0.3) is 0 Å². The van der Waals surface area contributed by atoms with Crippen LogP contribution in [-0.2, 0) is 4.74 Å². The van der Waals surface area contributed by atoms with Gasteiger partial charge in [-0.3, -0.25) is 0 Å². The minimum absolute atomic E-state index is 0.555. The molecule has 0 amide bonds. The monoisotopic (exact) mass is 262 g/mol. The first-order valence-electron chi connectivity index (χ1n) is 6.77. The third-order valence-corrected chi connectivity index (χ3v) is 5.00. The molecule has 0 bridgehead atoms. The van der Waals surface area contributed by atoms with Gasteiger partial charge in [0.25, 0.3) is 0 Å². The molecular weight excluding hydrogens is 240 g/mol. The van der Waals surface area contributed by atoms with E-state index in [1.165, 1.54) is 68.8 Å². The maximum atomic E-state index is 6.22. The van der Waals surface area contributed by atoms with Gasteiger partial charge in [-0.25, -0.2) is 0 Å². The quantitative estimate of drug-likeness (QED) is 0.721. The van der Waals surface area contributed by atoms with Crippen molar-refractivity contribution in [2.45, 2.75) is 70.0 Å². The molecule has 3 heteroatoms. The van der Waals surface area contributed by atoms with Crippen molar-refractivity contribution in [3.05, 3.63) is 0 Å². The van der Waals surface area contributed by atoms with E-state index in [-0.39, 0.29) is 0 Å². The van der Waals surface area contributed by atoms with Crippen molar-refractivity contribution in [1.29, 1.82) is 0 Å². The van der Waals surface area contributed by atoms with E-state index in [0.29, 0.717) is 12.2 Å². The molecule has 0 aliphatic heterocycles. The fourth-order valence-electron chi connectivity index (χ4n) is 3.00. The predicted octanol–water partition coefficient (Wildman–Crippen LogP) is 4.78. The van der Waals surface area contributed by atoms with E-state index < -0.39 is 0 Å². The van der Waals surface area contributed by atoms with Gasteiger partial charge in [-0.2, -0.15) is 0 Å². The summed E-state index contributed by atoms with van der Waals surface area (Å²) in [5.41, 5.74) is 0. The second-order valence-electron chi connectivity index (χ2n) is 5.31. The van der Waals surface area contributed by atoms with Crippen LogP contribution in [0.2, 0.25) is 0 Å². The van der Waals surface area contributed by atoms with Crippen LogP contribution >= 0.6 is 21.7 Å². The van der Waals surface area contributed by atoms with Gasteiger partial charge in [0, 0.05) is 5.75 Å². The van der Waals surface area contributed by atoms with E-state index in [2.05, 4.69) is 0 Å². The largest absolute Gasteiger partial charge is 0.375 e. The molecular formula is C13H23ClOS. The Morgan fingerprint density at radius 2 is 1.50 bits per heavy atom. The molecule has 2 aliphatic rings. The van der Waals surface area contributed by atoms with Crippen molar-refractivity contribution < 1.29 is 4.74 Å². The first kappa shape index (κ1) is 13.0. The summed E-state index contributed by atoms with van der Waals surface area (Å²) in [5, 5.41) is 0. The molecule has 0 spiro atoms. The van der Waals surface area contributed by atoms with Crippen molar-refractivity contribution in [2.24, 2.45) is 5.92 Å². The summed E-state index contributed by atoms with van der Waals surface area (Å²) in [6.07, 6.45) is 13.1. The molecule has 0 atom stereocenters. The Labute approximate surface area is 108 Å². The Bertz CT molecular complexity index is 186. The molecule has 94 valence electrons. The molecule has 1 nitrogen and oxygen atoms in total. The molecule has 2 rings (SSSR count). The third-order valence-electron chi connectivity index (χ3n) is 4.03. The fraction of sp³-hybridized carbons (Fsp3) is 1.00. The molecule has 0 aromatic rings. The maximum Gasteiger partial charge on any atom is 0.0579 e. The summed E-state index contributed by atoms with van der Waals surface area (Å²) in [6.45, 7) is 0. The number of hydrogen-bond donors (Lipinski definition) is 0. The summed E-state index contributed by atoms with van der Waals surface area (Å²) in [6, 6.07) is 0. The van der Waals surface area contributed by atoms with E-state index in [1.54, 1.807) is 0 Å². The first-order valence-corrected chi connectivity index (χ1v) is 8.58. The van der Waals surface area contributed by atoms with Crippen LogP contribution in [0.3, 0.4) is 0 Å². The molecule has 0 aromatic carbocycles. The highest BCUT2D eigenvalue weighted by Gasteiger charge is 2.24. The van der Waals surface area contributed by atoms with Crippen molar-refractivity contribution in [3.8, 4) is 0 Å². The van der Waals surface area contributed by atoms with Crippen LogP contribution in [-0.4, -0.2) is 18.0 Å². The lowest BCUT2D eigenvalue weighted by Gasteiger charge is -2.32. The van der Waals surface area contributed by atoms with Crippen molar-refractivity contribution in [2.75, 3.05) is 5.75 Å². The van der Waals surface area contributed by atoms with Crippen LogP contribution < -0.4 is 0 Å². The molecule has 0 unspecified atom stereocenters. The molecule has 0 aromatic heterocycles. The minimum Gasteiger partial charge on any atom is -0.375 e. The Hall–Kier alpha value is 0.600. The van der Waals surface area contributed by atoms with Crippen molar-refractivity contribution in [3.63, 3.8) is 0 Å². The summed E-state index contributed by atoms with van der Waals surface area (Å²) in [5.74, 6) is 1.96. The average molecular weight is 263 g/mol. The van der Waals surface area contributed by atoms with Gasteiger partial charge in [0.2, 0.25) is 0 Å². The normalized spacial score (nSPS) is 32.8. The number of halogens is 1. The Kier molecular flexibility index (Phi) is 5.81. The van der Waals surface area contributed by atoms with E-state index in [1.807, 2.05) is 0 Å². The van der Waals surface area contributed by atoms with Gasteiger partial charge >= 0.3 is 0 Å². The molecule has 2 saturated carbocycles. The van der Waals surface area contributed by atoms with Gasteiger partial charge in [-0.15, -0.1) is 0 Å². The number of hydrogen-bond acceptors (Lipinski definition) is 2. The standard InChI is InChI=1S/C13H23ClOS/c14-16-10-11-6-8-13(9-7-11)15-12-4-2-1-3-5-12/h11-13H,1-10H2. The lowest BCUT2D eigenvalue weighted by molar-refractivity contribution is -0.0496. The van der Waals surface area contributed by atoms with E-state index >= 15 is 0 Å². The second-order valence-corrected chi connectivity index (χ2v) is 6.52. The lowest BCUT2D eigenvalue weighted by atomic mass is 9.88. The van der Waals surface area contributed by atoms with E-state index in [0.717, 1.165) is 11.7 Å². The average Bonchev–Trinajstić information content (AvgIpc) is 2.33. The molecule has 0 radical (unpaired) electrons. The summed E-state index contributed by atoms with van der Waals surface area (Å²) < 4.78 is 6.22. The van der Waals surface area contributed by atoms with Crippen LogP contribution in [0.1, 0.15) is 57.8 Å². The zero-order chi connectivity index (χ0) is 11.2.